The molecule has 122 valence electrons. The maximum absolute atomic E-state index is 5.35. The highest BCUT2D eigenvalue weighted by Gasteiger charge is 2.17. The first-order valence-corrected chi connectivity index (χ1v) is 8.04. The van der Waals surface area contributed by atoms with E-state index in [1.54, 1.807) is 10.8 Å². The zero-order valence-corrected chi connectivity index (χ0v) is 13.3. The molecule has 0 atom stereocenters. The van der Waals surface area contributed by atoms with Crippen LogP contribution in [0.5, 0.6) is 11.5 Å². The third kappa shape index (κ3) is 2.83. The number of aromatic nitrogens is 6. The van der Waals surface area contributed by atoms with Gasteiger partial charge in [-0.2, -0.15) is 4.98 Å². The number of benzene rings is 1. The summed E-state index contributed by atoms with van der Waals surface area (Å²) in [6.45, 7) is 4.44. The largest absolute Gasteiger partial charge is 0.454 e. The Morgan fingerprint density at radius 3 is 3.12 bits per heavy atom. The first-order valence-electron chi connectivity index (χ1n) is 7.06. The van der Waals surface area contributed by atoms with E-state index >= 15 is 0 Å². The van der Waals surface area contributed by atoms with Crippen molar-refractivity contribution in [1.29, 1.82) is 0 Å². The minimum atomic E-state index is 0.229. The highest BCUT2D eigenvalue weighted by atomic mass is 32.2. The highest BCUT2D eigenvalue weighted by molar-refractivity contribution is 7.98. The van der Waals surface area contributed by atoms with Gasteiger partial charge in [-0.3, -0.25) is 0 Å². The van der Waals surface area contributed by atoms with E-state index in [1.165, 1.54) is 11.8 Å². The van der Waals surface area contributed by atoms with Crippen molar-refractivity contribution >= 4 is 11.8 Å². The molecule has 9 nitrogen and oxygen atoms in total. The highest BCUT2D eigenvalue weighted by Crippen LogP contribution is 2.35. The third-order valence-electron chi connectivity index (χ3n) is 3.22. The molecule has 0 saturated carbocycles. The van der Waals surface area contributed by atoms with Crippen molar-refractivity contribution in [1.82, 2.24) is 30.3 Å². The summed E-state index contributed by atoms with van der Waals surface area (Å²) in [5.74, 6) is 2.84. The molecule has 0 aliphatic carbocycles. The normalized spacial score (nSPS) is 12.5. The molecule has 0 spiro atoms. The maximum Gasteiger partial charge on any atom is 0.237 e. The number of hydrogen-bond acceptors (Lipinski definition) is 9. The van der Waals surface area contributed by atoms with Crippen LogP contribution in [-0.2, 0) is 12.3 Å². The van der Waals surface area contributed by atoms with Gasteiger partial charge in [-0.25, -0.2) is 4.68 Å². The van der Waals surface area contributed by atoms with E-state index in [4.69, 9.17) is 14.0 Å². The molecular weight excluding hydrogens is 332 g/mol. The fourth-order valence-electron chi connectivity index (χ4n) is 2.13. The fraction of sp³-hybridized carbons (Fsp3) is 0.214. The first-order chi connectivity index (χ1) is 11.8. The van der Waals surface area contributed by atoms with Gasteiger partial charge in [0.1, 0.15) is 0 Å². The lowest BCUT2D eigenvalue weighted by molar-refractivity contribution is 0.174. The van der Waals surface area contributed by atoms with Gasteiger partial charge in [0, 0.05) is 5.56 Å². The molecule has 2 aromatic heterocycles. The summed E-state index contributed by atoms with van der Waals surface area (Å²) < 4.78 is 17.6. The minimum Gasteiger partial charge on any atom is -0.454 e. The average Bonchev–Trinajstić information content (AvgIpc) is 3.33. The molecule has 0 amide bonds. The van der Waals surface area contributed by atoms with Crippen LogP contribution in [0, 0.1) is 0 Å². The van der Waals surface area contributed by atoms with Crippen molar-refractivity contribution in [3.8, 4) is 22.9 Å². The van der Waals surface area contributed by atoms with Gasteiger partial charge in [0.25, 0.3) is 0 Å². The van der Waals surface area contributed by atoms with Crippen LogP contribution in [-0.4, -0.2) is 37.1 Å². The van der Waals surface area contributed by atoms with Gasteiger partial charge in [-0.1, -0.05) is 23.0 Å². The topological polar surface area (TPSA) is 101 Å². The molecule has 1 aliphatic heterocycles. The molecule has 0 N–H and O–H groups in total. The number of hydrogen-bond donors (Lipinski definition) is 0. The summed E-state index contributed by atoms with van der Waals surface area (Å²) in [7, 11) is 0. The predicted octanol–water partition coefficient (Wildman–Crippen LogP) is 1.93. The van der Waals surface area contributed by atoms with E-state index < -0.39 is 0 Å². The van der Waals surface area contributed by atoms with Crippen molar-refractivity contribution in [2.45, 2.75) is 17.5 Å². The fourth-order valence-corrected chi connectivity index (χ4v) is 2.85. The quantitative estimate of drug-likeness (QED) is 0.490. The minimum absolute atomic E-state index is 0.229. The Morgan fingerprint density at radius 1 is 1.29 bits per heavy atom. The molecule has 24 heavy (non-hydrogen) atoms. The molecule has 10 heteroatoms. The smallest absolute Gasteiger partial charge is 0.237 e. The van der Waals surface area contributed by atoms with Gasteiger partial charge in [0.05, 0.1) is 12.3 Å². The standard InChI is InChI=1S/C14H12N6O3S/c1-2-5-20-14(16-18-19-20)24-7-12-15-13(17-23-12)9-3-4-10-11(6-9)22-8-21-10/h2-4,6H,1,5,7-8H2. The van der Waals surface area contributed by atoms with Gasteiger partial charge in [0.2, 0.25) is 23.7 Å². The summed E-state index contributed by atoms with van der Waals surface area (Å²) in [6, 6.07) is 5.51. The Labute approximate surface area is 140 Å². The van der Waals surface area contributed by atoms with Crippen LogP contribution in [0.3, 0.4) is 0 Å². The number of nitrogens with zero attached hydrogens (tertiary/aromatic N) is 6. The predicted molar refractivity (Wildman–Crippen MR) is 83.4 cm³/mol. The lowest BCUT2D eigenvalue weighted by atomic mass is 10.2. The Morgan fingerprint density at radius 2 is 2.21 bits per heavy atom. The second kappa shape index (κ2) is 6.32. The number of tetrazole rings is 1. The van der Waals surface area contributed by atoms with Crippen LogP contribution in [0.15, 0.2) is 40.5 Å². The second-order valence-corrected chi connectivity index (χ2v) is 5.74. The molecule has 1 aliphatic rings. The summed E-state index contributed by atoms with van der Waals surface area (Å²) >= 11 is 1.41. The molecule has 0 unspecified atom stereocenters. The zero-order chi connectivity index (χ0) is 16.4. The molecule has 3 heterocycles. The van der Waals surface area contributed by atoms with Gasteiger partial charge in [-0.05, 0) is 28.6 Å². The van der Waals surface area contributed by atoms with E-state index in [9.17, 15) is 0 Å². The molecule has 0 radical (unpaired) electrons. The number of fused-ring (bicyclic) bond motifs is 1. The Balaban J connectivity index is 1.47. The lowest BCUT2D eigenvalue weighted by Gasteiger charge is -1.98. The van der Waals surface area contributed by atoms with E-state index in [0.29, 0.717) is 40.7 Å². The Bertz CT molecular complexity index is 877. The van der Waals surface area contributed by atoms with Crippen LogP contribution >= 0.6 is 11.8 Å². The van der Waals surface area contributed by atoms with E-state index in [-0.39, 0.29) is 6.79 Å². The number of thioether (sulfide) groups is 1. The first kappa shape index (κ1) is 14.7. The SMILES string of the molecule is C=CCn1nnnc1SCc1nc(-c2ccc3c(c2)OCO3)no1. The van der Waals surface area contributed by atoms with Crippen molar-refractivity contribution in [2.24, 2.45) is 0 Å². The van der Waals surface area contributed by atoms with E-state index in [2.05, 4.69) is 32.2 Å². The van der Waals surface area contributed by atoms with Gasteiger partial charge >= 0.3 is 0 Å². The summed E-state index contributed by atoms with van der Waals surface area (Å²) in [6.07, 6.45) is 1.73. The monoisotopic (exact) mass is 344 g/mol. The summed E-state index contributed by atoms with van der Waals surface area (Å²) in [5.41, 5.74) is 0.802. The molecule has 3 aromatic rings. The van der Waals surface area contributed by atoms with Crippen molar-refractivity contribution in [2.75, 3.05) is 6.79 Å². The van der Waals surface area contributed by atoms with Crippen molar-refractivity contribution < 1.29 is 14.0 Å². The molecular formula is C14H12N6O3S. The third-order valence-corrected chi connectivity index (χ3v) is 4.17. The van der Waals surface area contributed by atoms with Gasteiger partial charge in [-0.15, -0.1) is 11.7 Å². The Kier molecular flexibility index (Phi) is 3.87. The van der Waals surface area contributed by atoms with Crippen LogP contribution in [0.4, 0.5) is 0 Å². The summed E-state index contributed by atoms with van der Waals surface area (Å²) in [4.78, 5) is 4.39. The number of rotatable bonds is 6. The average molecular weight is 344 g/mol. The van der Waals surface area contributed by atoms with Gasteiger partial charge < -0.3 is 14.0 Å². The van der Waals surface area contributed by atoms with Crippen LogP contribution in [0.1, 0.15) is 5.89 Å². The van der Waals surface area contributed by atoms with Crippen molar-refractivity contribution in [3.63, 3.8) is 0 Å². The van der Waals surface area contributed by atoms with E-state index in [1.807, 2.05) is 18.2 Å². The zero-order valence-electron chi connectivity index (χ0n) is 12.5. The molecule has 0 saturated heterocycles. The van der Waals surface area contributed by atoms with Gasteiger partial charge in [0.15, 0.2) is 11.5 Å². The number of allylic oxidation sites excluding steroid dienone is 1. The molecule has 0 bridgehead atoms. The maximum atomic E-state index is 5.35. The van der Waals surface area contributed by atoms with E-state index in [0.717, 1.165) is 5.56 Å². The molecule has 1 aromatic carbocycles. The van der Waals surface area contributed by atoms with Crippen LogP contribution in [0.2, 0.25) is 0 Å². The lowest BCUT2D eigenvalue weighted by Crippen LogP contribution is -1.99. The molecule has 4 rings (SSSR count). The molecule has 0 fully saturated rings. The second-order valence-electron chi connectivity index (χ2n) is 4.80. The van der Waals surface area contributed by atoms with Crippen LogP contribution < -0.4 is 9.47 Å². The number of ether oxygens (including phenoxy) is 2. The Hall–Kier alpha value is -2.88. The summed E-state index contributed by atoms with van der Waals surface area (Å²) in [5, 5.41) is 16.1. The van der Waals surface area contributed by atoms with Crippen molar-refractivity contribution in [3.05, 3.63) is 36.7 Å². The van der Waals surface area contributed by atoms with Crippen LogP contribution in [0.25, 0.3) is 11.4 Å².